The first-order valence-corrected chi connectivity index (χ1v) is 8.98. The van der Waals surface area contributed by atoms with Crippen molar-refractivity contribution < 1.29 is 22.6 Å². The molecule has 0 spiro atoms. The third-order valence-electron chi connectivity index (χ3n) is 3.71. The summed E-state index contributed by atoms with van der Waals surface area (Å²) >= 11 is 1.23. The summed E-state index contributed by atoms with van der Waals surface area (Å²) < 4.78 is 48.0. The van der Waals surface area contributed by atoms with Gasteiger partial charge in [-0.1, -0.05) is 11.8 Å². The molecule has 1 aromatic heterocycles. The first-order valence-electron chi connectivity index (χ1n) is 7.99. The van der Waals surface area contributed by atoms with Gasteiger partial charge in [-0.05, 0) is 48.5 Å². The third kappa shape index (κ3) is 4.58. The van der Waals surface area contributed by atoms with Crippen LogP contribution in [0.5, 0.6) is 11.5 Å². The second-order valence-electron chi connectivity index (χ2n) is 5.48. The number of ether oxygens (including phenoxy) is 2. The van der Waals surface area contributed by atoms with Crippen LogP contribution in [-0.2, 0) is 0 Å². The maximum absolute atomic E-state index is 12.4. The molecular formula is C19H14F3N3O2S. The predicted octanol–water partition coefficient (Wildman–Crippen LogP) is 5.06. The largest absolute Gasteiger partial charge is 0.573 e. The van der Waals surface area contributed by atoms with Crippen molar-refractivity contribution in [1.29, 1.82) is 5.26 Å². The van der Waals surface area contributed by atoms with Crippen LogP contribution in [0.25, 0.3) is 16.9 Å². The van der Waals surface area contributed by atoms with Gasteiger partial charge >= 0.3 is 6.36 Å². The van der Waals surface area contributed by atoms with Crippen molar-refractivity contribution in [2.75, 3.05) is 12.9 Å². The van der Waals surface area contributed by atoms with Crippen LogP contribution >= 0.6 is 11.8 Å². The van der Waals surface area contributed by atoms with Gasteiger partial charge in [0, 0.05) is 11.3 Å². The minimum Gasteiger partial charge on any atom is -0.497 e. The average molecular weight is 405 g/mol. The van der Waals surface area contributed by atoms with Crippen molar-refractivity contribution >= 4 is 11.8 Å². The van der Waals surface area contributed by atoms with Crippen LogP contribution in [0.1, 0.15) is 0 Å². The summed E-state index contributed by atoms with van der Waals surface area (Å²) in [5.41, 5.74) is 2.17. The van der Waals surface area contributed by atoms with Gasteiger partial charge in [0.05, 0.1) is 30.8 Å². The number of benzene rings is 2. The fourth-order valence-electron chi connectivity index (χ4n) is 2.55. The van der Waals surface area contributed by atoms with E-state index in [2.05, 4.69) is 9.72 Å². The van der Waals surface area contributed by atoms with E-state index in [9.17, 15) is 13.2 Å². The molecule has 144 valence electrons. The minimum atomic E-state index is -4.75. The first-order chi connectivity index (χ1) is 13.4. The standard InChI is InChI=1S/C19H14F3N3O2S/c1-26-15-6-2-13(3-7-15)17-12-24-18(28-11-10-23)25(17)14-4-8-16(9-5-14)27-19(20,21)22/h2-9,12H,11H2,1H3. The number of nitriles is 1. The topological polar surface area (TPSA) is 60.1 Å². The lowest BCUT2D eigenvalue weighted by Gasteiger charge is -2.13. The predicted molar refractivity (Wildman–Crippen MR) is 98.6 cm³/mol. The molecule has 0 aliphatic carbocycles. The highest BCUT2D eigenvalue weighted by Crippen LogP contribution is 2.32. The van der Waals surface area contributed by atoms with Crippen molar-refractivity contribution in [3.8, 4) is 34.5 Å². The van der Waals surface area contributed by atoms with Gasteiger partial charge in [-0.15, -0.1) is 13.2 Å². The summed E-state index contributed by atoms with van der Waals surface area (Å²) in [5.74, 6) is 0.574. The Morgan fingerprint density at radius 1 is 1.07 bits per heavy atom. The van der Waals surface area contributed by atoms with E-state index in [1.54, 1.807) is 30.0 Å². The number of hydrogen-bond donors (Lipinski definition) is 0. The normalized spacial score (nSPS) is 11.1. The smallest absolute Gasteiger partial charge is 0.497 e. The number of aromatic nitrogens is 2. The molecule has 0 atom stereocenters. The Bertz CT molecular complexity index is 978. The van der Waals surface area contributed by atoms with Crippen LogP contribution in [0.3, 0.4) is 0 Å². The molecule has 1 heterocycles. The number of nitrogens with zero attached hydrogens (tertiary/aromatic N) is 3. The van der Waals surface area contributed by atoms with Crippen molar-refractivity contribution in [3.05, 3.63) is 54.7 Å². The lowest BCUT2D eigenvalue weighted by molar-refractivity contribution is -0.274. The molecule has 28 heavy (non-hydrogen) atoms. The molecule has 0 fully saturated rings. The molecule has 0 N–H and O–H groups in total. The highest BCUT2D eigenvalue weighted by molar-refractivity contribution is 7.99. The zero-order valence-electron chi connectivity index (χ0n) is 14.6. The highest BCUT2D eigenvalue weighted by Gasteiger charge is 2.31. The van der Waals surface area contributed by atoms with Gasteiger partial charge in [0.2, 0.25) is 0 Å². The number of alkyl halides is 3. The fourth-order valence-corrected chi connectivity index (χ4v) is 3.20. The minimum absolute atomic E-state index is 0.189. The number of imidazole rings is 1. The third-order valence-corrected chi connectivity index (χ3v) is 4.53. The van der Waals surface area contributed by atoms with Gasteiger partial charge in [-0.2, -0.15) is 5.26 Å². The monoisotopic (exact) mass is 405 g/mol. The van der Waals surface area contributed by atoms with Crippen LogP contribution in [0.4, 0.5) is 13.2 Å². The van der Waals surface area contributed by atoms with Crippen LogP contribution in [-0.4, -0.2) is 28.8 Å². The van der Waals surface area contributed by atoms with E-state index in [1.165, 1.54) is 36.0 Å². The molecule has 0 aliphatic heterocycles. The SMILES string of the molecule is COc1ccc(-c2cnc(SCC#N)n2-c2ccc(OC(F)(F)F)cc2)cc1. The molecule has 0 amide bonds. The van der Waals surface area contributed by atoms with Gasteiger partial charge < -0.3 is 9.47 Å². The van der Waals surface area contributed by atoms with Crippen LogP contribution < -0.4 is 9.47 Å². The number of rotatable bonds is 6. The summed E-state index contributed by atoms with van der Waals surface area (Å²) in [6.07, 6.45) is -3.10. The molecule has 0 unspecified atom stereocenters. The molecule has 0 saturated carbocycles. The summed E-state index contributed by atoms with van der Waals surface area (Å²) in [5, 5.41) is 9.42. The Morgan fingerprint density at radius 2 is 1.71 bits per heavy atom. The summed E-state index contributed by atoms with van der Waals surface area (Å²) in [6, 6.07) is 14.8. The Labute approximate surface area is 163 Å². The van der Waals surface area contributed by atoms with Crippen molar-refractivity contribution in [2.24, 2.45) is 0 Å². The van der Waals surface area contributed by atoms with Crippen molar-refractivity contribution in [2.45, 2.75) is 11.5 Å². The Hall–Kier alpha value is -3.12. The Morgan fingerprint density at radius 3 is 2.29 bits per heavy atom. The van der Waals surface area contributed by atoms with E-state index in [0.717, 1.165) is 11.3 Å². The molecule has 0 saturated heterocycles. The Kier molecular flexibility index (Phi) is 5.80. The zero-order valence-corrected chi connectivity index (χ0v) is 15.4. The summed E-state index contributed by atoms with van der Waals surface area (Å²) in [4.78, 5) is 4.36. The molecular weight excluding hydrogens is 391 g/mol. The molecule has 0 radical (unpaired) electrons. The lowest BCUT2D eigenvalue weighted by Crippen LogP contribution is -2.17. The Balaban J connectivity index is 2.01. The van der Waals surface area contributed by atoms with E-state index in [4.69, 9.17) is 10.00 Å². The average Bonchev–Trinajstić information content (AvgIpc) is 3.09. The molecule has 9 heteroatoms. The van der Waals surface area contributed by atoms with E-state index in [-0.39, 0.29) is 11.5 Å². The molecule has 2 aromatic carbocycles. The maximum atomic E-state index is 12.4. The van der Waals surface area contributed by atoms with Crippen LogP contribution in [0.2, 0.25) is 0 Å². The van der Waals surface area contributed by atoms with Crippen LogP contribution in [0, 0.1) is 11.3 Å². The van der Waals surface area contributed by atoms with Crippen molar-refractivity contribution in [1.82, 2.24) is 9.55 Å². The van der Waals surface area contributed by atoms with Crippen molar-refractivity contribution in [3.63, 3.8) is 0 Å². The lowest BCUT2D eigenvalue weighted by atomic mass is 10.1. The quantitative estimate of drug-likeness (QED) is 0.537. The maximum Gasteiger partial charge on any atom is 0.573 e. The molecule has 5 nitrogen and oxygen atoms in total. The number of methoxy groups -OCH3 is 1. The van der Waals surface area contributed by atoms with Gasteiger partial charge in [-0.3, -0.25) is 4.57 Å². The van der Waals surface area contributed by atoms with Crippen LogP contribution in [0.15, 0.2) is 59.9 Å². The van der Waals surface area contributed by atoms with Gasteiger partial charge in [0.25, 0.3) is 0 Å². The van der Waals surface area contributed by atoms with Gasteiger partial charge in [0.15, 0.2) is 5.16 Å². The second kappa shape index (κ2) is 8.27. The molecule has 3 aromatic rings. The van der Waals surface area contributed by atoms with Gasteiger partial charge in [-0.25, -0.2) is 4.98 Å². The molecule has 3 rings (SSSR count). The number of thioether (sulfide) groups is 1. The first kappa shape index (κ1) is 19.6. The second-order valence-corrected chi connectivity index (χ2v) is 6.42. The zero-order chi connectivity index (χ0) is 20.1. The van der Waals surface area contributed by atoms with E-state index < -0.39 is 6.36 Å². The van der Waals surface area contributed by atoms with E-state index in [1.807, 2.05) is 18.2 Å². The van der Waals surface area contributed by atoms with E-state index >= 15 is 0 Å². The summed E-state index contributed by atoms with van der Waals surface area (Å²) in [7, 11) is 1.57. The number of halogens is 3. The van der Waals surface area contributed by atoms with Gasteiger partial charge in [0.1, 0.15) is 11.5 Å². The summed E-state index contributed by atoms with van der Waals surface area (Å²) in [6.45, 7) is 0. The molecule has 0 aliphatic rings. The molecule has 0 bridgehead atoms. The fraction of sp³-hybridized carbons (Fsp3) is 0.158. The highest BCUT2D eigenvalue weighted by atomic mass is 32.2. The van der Waals surface area contributed by atoms with E-state index in [0.29, 0.717) is 16.6 Å². The number of hydrogen-bond acceptors (Lipinski definition) is 5.